The van der Waals surface area contributed by atoms with Crippen molar-refractivity contribution < 1.29 is 14.4 Å². The summed E-state index contributed by atoms with van der Waals surface area (Å²) in [6.45, 7) is 6.24. The third kappa shape index (κ3) is 3.90. The quantitative estimate of drug-likeness (QED) is 0.869. The largest absolute Gasteiger partial charge is 0.396 e. The Morgan fingerprint density at radius 1 is 1.30 bits per heavy atom. The lowest BCUT2D eigenvalue weighted by molar-refractivity contribution is -0.139. The van der Waals surface area contributed by atoms with Crippen LogP contribution in [0.3, 0.4) is 0 Å². The fraction of sp³-hybridized carbons (Fsp3) is 0.812. The smallest absolute Gasteiger partial charge is 0.223 e. The number of aromatic nitrogens is 2. The van der Waals surface area contributed by atoms with Gasteiger partial charge in [0.05, 0.1) is 6.54 Å². The molecule has 0 radical (unpaired) electrons. The second-order valence-corrected chi connectivity index (χ2v) is 6.90. The van der Waals surface area contributed by atoms with Gasteiger partial charge in [-0.05, 0) is 44.2 Å². The molecule has 3 heterocycles. The average Bonchev–Trinajstić information content (AvgIpc) is 2.96. The highest BCUT2D eigenvalue weighted by Gasteiger charge is 2.40. The molecule has 2 fully saturated rings. The molecule has 0 unspecified atom stereocenters. The highest BCUT2D eigenvalue weighted by Crippen LogP contribution is 2.40. The average molecular weight is 322 g/mol. The number of carbonyl (C=O) groups is 1. The summed E-state index contributed by atoms with van der Waals surface area (Å²) < 4.78 is 5.03. The van der Waals surface area contributed by atoms with Crippen LogP contribution in [-0.2, 0) is 11.3 Å². The lowest BCUT2D eigenvalue weighted by Crippen LogP contribution is -2.51. The molecule has 7 nitrogen and oxygen atoms in total. The van der Waals surface area contributed by atoms with Crippen molar-refractivity contribution in [2.24, 2.45) is 5.41 Å². The number of aryl methyl sites for hydroxylation is 1. The number of nitrogens with zero attached hydrogens (tertiary/aromatic N) is 4. The molecule has 2 aliphatic rings. The number of likely N-dealkylation sites (tertiary alicyclic amines) is 2. The van der Waals surface area contributed by atoms with Crippen LogP contribution in [0, 0.1) is 12.3 Å². The van der Waals surface area contributed by atoms with E-state index in [1.54, 1.807) is 0 Å². The first kappa shape index (κ1) is 16.4. The molecule has 1 spiro atoms. The van der Waals surface area contributed by atoms with E-state index in [2.05, 4.69) is 15.0 Å². The fourth-order valence-corrected chi connectivity index (χ4v) is 3.77. The molecule has 128 valence electrons. The van der Waals surface area contributed by atoms with E-state index >= 15 is 0 Å². The SMILES string of the molecule is Cc1nc(CN2CCC3(CCC(=O)N(CCCO)C3)CC2)no1. The Balaban J connectivity index is 1.53. The van der Waals surface area contributed by atoms with Crippen LogP contribution in [0.1, 0.15) is 43.8 Å². The van der Waals surface area contributed by atoms with Crippen LogP contribution in [-0.4, -0.2) is 63.7 Å². The lowest BCUT2D eigenvalue weighted by Gasteiger charge is -2.47. The van der Waals surface area contributed by atoms with Gasteiger partial charge in [0.15, 0.2) is 5.82 Å². The minimum atomic E-state index is 0.147. The van der Waals surface area contributed by atoms with Gasteiger partial charge in [0.2, 0.25) is 11.8 Å². The van der Waals surface area contributed by atoms with Crippen LogP contribution in [0.5, 0.6) is 0 Å². The Morgan fingerprint density at radius 3 is 2.74 bits per heavy atom. The number of aliphatic hydroxyl groups excluding tert-OH is 1. The van der Waals surface area contributed by atoms with E-state index in [0.29, 0.717) is 25.3 Å². The van der Waals surface area contributed by atoms with Gasteiger partial charge in [0.1, 0.15) is 0 Å². The van der Waals surface area contributed by atoms with Gasteiger partial charge in [0.25, 0.3) is 0 Å². The molecule has 7 heteroatoms. The van der Waals surface area contributed by atoms with Crippen LogP contribution in [0.2, 0.25) is 0 Å². The Bertz CT molecular complexity index is 537. The highest BCUT2D eigenvalue weighted by atomic mass is 16.5. The molecule has 0 saturated carbocycles. The summed E-state index contributed by atoms with van der Waals surface area (Å²) in [4.78, 5) is 20.6. The molecule has 0 aromatic carbocycles. The van der Waals surface area contributed by atoms with Crippen molar-refractivity contribution in [3.8, 4) is 0 Å². The van der Waals surface area contributed by atoms with Crippen molar-refractivity contribution in [2.45, 2.75) is 45.6 Å². The van der Waals surface area contributed by atoms with E-state index < -0.39 is 0 Å². The molecular weight excluding hydrogens is 296 g/mol. The summed E-state index contributed by atoms with van der Waals surface area (Å²) in [5.74, 6) is 1.61. The summed E-state index contributed by atoms with van der Waals surface area (Å²) in [7, 11) is 0. The lowest BCUT2D eigenvalue weighted by atomic mass is 9.72. The Hall–Kier alpha value is -1.47. The third-order valence-corrected chi connectivity index (χ3v) is 5.19. The van der Waals surface area contributed by atoms with Gasteiger partial charge in [0, 0.05) is 33.0 Å². The first-order valence-electron chi connectivity index (χ1n) is 8.50. The standard InChI is InChI=1S/C16H26N4O3/c1-13-17-14(18-23-13)11-19-8-5-16(6-9-19)4-3-15(22)20(12-16)7-2-10-21/h21H,2-12H2,1H3. The number of piperidine rings is 2. The molecule has 0 bridgehead atoms. The van der Waals surface area contributed by atoms with E-state index in [9.17, 15) is 4.79 Å². The molecule has 3 rings (SSSR count). The topological polar surface area (TPSA) is 82.7 Å². The number of rotatable bonds is 5. The molecule has 0 atom stereocenters. The Morgan fingerprint density at radius 2 is 2.09 bits per heavy atom. The molecule has 0 aliphatic carbocycles. The number of aliphatic hydroxyl groups is 1. The van der Waals surface area contributed by atoms with Crippen molar-refractivity contribution >= 4 is 5.91 Å². The maximum Gasteiger partial charge on any atom is 0.223 e. The van der Waals surface area contributed by atoms with Crippen molar-refractivity contribution in [1.82, 2.24) is 19.9 Å². The van der Waals surface area contributed by atoms with Gasteiger partial charge >= 0.3 is 0 Å². The number of hydrogen-bond acceptors (Lipinski definition) is 6. The number of carbonyl (C=O) groups excluding carboxylic acids is 1. The highest BCUT2D eigenvalue weighted by molar-refractivity contribution is 5.77. The monoisotopic (exact) mass is 322 g/mol. The van der Waals surface area contributed by atoms with Crippen LogP contribution in [0.4, 0.5) is 0 Å². The van der Waals surface area contributed by atoms with E-state index in [0.717, 1.165) is 51.3 Å². The van der Waals surface area contributed by atoms with Gasteiger partial charge in [-0.2, -0.15) is 4.98 Å². The first-order valence-corrected chi connectivity index (χ1v) is 8.50. The maximum atomic E-state index is 12.0. The third-order valence-electron chi connectivity index (χ3n) is 5.19. The minimum absolute atomic E-state index is 0.147. The first-order chi connectivity index (χ1) is 11.1. The Labute approximate surface area is 136 Å². The van der Waals surface area contributed by atoms with Gasteiger partial charge in [-0.15, -0.1) is 0 Å². The number of hydrogen-bond donors (Lipinski definition) is 1. The summed E-state index contributed by atoms with van der Waals surface area (Å²) >= 11 is 0. The molecule has 2 saturated heterocycles. The fourth-order valence-electron chi connectivity index (χ4n) is 3.77. The maximum absolute atomic E-state index is 12.0. The molecule has 2 aliphatic heterocycles. The summed E-state index contributed by atoms with van der Waals surface area (Å²) in [6, 6.07) is 0. The zero-order chi connectivity index (χ0) is 16.3. The summed E-state index contributed by atoms with van der Waals surface area (Å²) in [5.41, 5.74) is 0.257. The van der Waals surface area contributed by atoms with E-state index in [1.807, 2.05) is 11.8 Å². The minimum Gasteiger partial charge on any atom is -0.396 e. The normalized spacial score (nSPS) is 22.0. The molecule has 23 heavy (non-hydrogen) atoms. The van der Waals surface area contributed by atoms with E-state index in [-0.39, 0.29) is 17.9 Å². The Kier molecular flexibility index (Phi) is 4.96. The van der Waals surface area contributed by atoms with Crippen molar-refractivity contribution in [1.29, 1.82) is 0 Å². The van der Waals surface area contributed by atoms with Crippen LogP contribution in [0.25, 0.3) is 0 Å². The van der Waals surface area contributed by atoms with Crippen molar-refractivity contribution in [3.63, 3.8) is 0 Å². The van der Waals surface area contributed by atoms with Crippen molar-refractivity contribution in [3.05, 3.63) is 11.7 Å². The van der Waals surface area contributed by atoms with Crippen LogP contribution >= 0.6 is 0 Å². The van der Waals surface area contributed by atoms with Gasteiger partial charge < -0.3 is 14.5 Å². The second kappa shape index (κ2) is 6.97. The predicted octanol–water partition coefficient (Wildman–Crippen LogP) is 0.965. The number of amides is 1. The molecule has 1 aromatic rings. The van der Waals surface area contributed by atoms with Gasteiger partial charge in [-0.25, -0.2) is 0 Å². The zero-order valence-electron chi connectivity index (χ0n) is 13.8. The van der Waals surface area contributed by atoms with Crippen molar-refractivity contribution in [2.75, 3.05) is 32.8 Å². The predicted molar refractivity (Wildman–Crippen MR) is 83.5 cm³/mol. The van der Waals surface area contributed by atoms with Crippen LogP contribution < -0.4 is 0 Å². The molecular formula is C16H26N4O3. The van der Waals surface area contributed by atoms with E-state index in [4.69, 9.17) is 9.63 Å². The zero-order valence-corrected chi connectivity index (χ0v) is 13.8. The summed E-state index contributed by atoms with van der Waals surface area (Å²) in [5, 5.41) is 13.0. The molecule has 1 aromatic heterocycles. The van der Waals surface area contributed by atoms with Gasteiger partial charge in [-0.1, -0.05) is 5.16 Å². The molecule has 1 amide bonds. The summed E-state index contributed by atoms with van der Waals surface area (Å²) in [6.07, 6.45) is 4.52. The second-order valence-electron chi connectivity index (χ2n) is 6.90. The van der Waals surface area contributed by atoms with Gasteiger partial charge in [-0.3, -0.25) is 9.69 Å². The molecule has 1 N–H and O–H groups in total. The van der Waals surface area contributed by atoms with E-state index in [1.165, 1.54) is 0 Å². The van der Waals surface area contributed by atoms with Crippen LogP contribution in [0.15, 0.2) is 4.52 Å².